The van der Waals surface area contributed by atoms with Gasteiger partial charge in [0.05, 0.1) is 5.49 Å². The van der Waals surface area contributed by atoms with Crippen LogP contribution in [0.15, 0.2) is 18.5 Å². The normalized spacial score (nSPS) is 8.57. The van der Waals surface area contributed by atoms with Crippen molar-refractivity contribution in [3.63, 3.8) is 0 Å². The average Bonchev–Trinajstić information content (AvgIpc) is 2.14. The third kappa shape index (κ3) is 0.838. The van der Waals surface area contributed by atoms with Crippen molar-refractivity contribution in [1.82, 2.24) is 9.78 Å². The van der Waals surface area contributed by atoms with Crippen molar-refractivity contribution in [2.45, 2.75) is 0 Å². The van der Waals surface area contributed by atoms with Gasteiger partial charge in [0.25, 0.3) is 0 Å². The highest BCUT2D eigenvalue weighted by Crippen LogP contribution is 1.75. The van der Waals surface area contributed by atoms with Crippen LogP contribution in [-0.4, -0.2) is 15.3 Å². The second-order valence-corrected chi connectivity index (χ2v) is 1.30. The molecular formula is C4H4N2S. The molecule has 0 atom stereocenters. The average molecular weight is 112 g/mol. The predicted octanol–water partition coefficient (Wildman–Crippen LogP) is 0.688. The molecule has 0 aliphatic carbocycles. The van der Waals surface area contributed by atoms with E-state index in [0.29, 0.717) is 0 Å². The van der Waals surface area contributed by atoms with Crippen molar-refractivity contribution in [3.8, 4) is 0 Å². The first kappa shape index (κ1) is 4.46. The fourth-order valence-electron chi connectivity index (χ4n) is 0.343. The zero-order valence-electron chi connectivity index (χ0n) is 3.61. The second-order valence-electron chi connectivity index (χ2n) is 1.09. The molecule has 0 unspecified atom stereocenters. The van der Waals surface area contributed by atoms with Gasteiger partial charge in [0, 0.05) is 12.4 Å². The van der Waals surface area contributed by atoms with Crippen LogP contribution >= 0.6 is 12.2 Å². The maximum Gasteiger partial charge on any atom is 0.0913 e. The Morgan fingerprint density at radius 1 is 1.71 bits per heavy atom. The summed E-state index contributed by atoms with van der Waals surface area (Å²) in [7, 11) is 0. The summed E-state index contributed by atoms with van der Waals surface area (Å²) in [6.45, 7) is 0. The predicted molar refractivity (Wildman–Crippen MR) is 31.3 cm³/mol. The van der Waals surface area contributed by atoms with Crippen LogP contribution in [0.2, 0.25) is 0 Å². The third-order valence-corrected chi connectivity index (χ3v) is 0.849. The number of hydrogen-bond donors (Lipinski definition) is 0. The van der Waals surface area contributed by atoms with Crippen molar-refractivity contribution in [1.29, 1.82) is 0 Å². The fraction of sp³-hybridized carbons (Fsp3) is 0. The lowest BCUT2D eigenvalue weighted by Gasteiger charge is -1.79. The summed E-state index contributed by atoms with van der Waals surface area (Å²) in [5, 5.41) is 3.79. The van der Waals surface area contributed by atoms with Crippen molar-refractivity contribution < 1.29 is 0 Å². The molecule has 0 amide bonds. The smallest absolute Gasteiger partial charge is 0.0913 e. The molecule has 0 aliphatic rings. The summed E-state index contributed by atoms with van der Waals surface area (Å²) in [5.41, 5.74) is 1.47. The van der Waals surface area contributed by atoms with Gasteiger partial charge in [0.1, 0.15) is 0 Å². The Bertz CT molecular complexity index is 145. The van der Waals surface area contributed by atoms with Crippen LogP contribution in [-0.2, 0) is 0 Å². The zero-order valence-corrected chi connectivity index (χ0v) is 4.43. The first-order valence-corrected chi connectivity index (χ1v) is 2.35. The molecule has 0 saturated carbocycles. The Morgan fingerprint density at radius 3 is 2.86 bits per heavy atom. The highest BCUT2D eigenvalue weighted by molar-refractivity contribution is 7.78. The minimum Gasteiger partial charge on any atom is -0.237 e. The van der Waals surface area contributed by atoms with Gasteiger partial charge in [0.2, 0.25) is 0 Å². The minimum absolute atomic E-state index is 1.47. The van der Waals surface area contributed by atoms with Crippen molar-refractivity contribution in [2.24, 2.45) is 0 Å². The van der Waals surface area contributed by atoms with Gasteiger partial charge in [-0.05, 0) is 6.07 Å². The van der Waals surface area contributed by atoms with Crippen molar-refractivity contribution >= 4 is 17.7 Å². The molecule has 3 heteroatoms. The van der Waals surface area contributed by atoms with Gasteiger partial charge in [0.15, 0.2) is 0 Å². The van der Waals surface area contributed by atoms with E-state index in [1.807, 2.05) is 6.07 Å². The molecule has 7 heavy (non-hydrogen) atoms. The van der Waals surface area contributed by atoms with Gasteiger partial charge >= 0.3 is 0 Å². The molecule has 0 radical (unpaired) electrons. The molecule has 0 aliphatic heterocycles. The van der Waals surface area contributed by atoms with E-state index in [-0.39, 0.29) is 0 Å². The molecule has 1 rings (SSSR count). The first-order chi connectivity index (χ1) is 3.43. The van der Waals surface area contributed by atoms with Gasteiger partial charge in [-0.1, -0.05) is 12.2 Å². The van der Waals surface area contributed by atoms with Crippen molar-refractivity contribution in [3.05, 3.63) is 18.5 Å². The van der Waals surface area contributed by atoms with Crippen LogP contribution in [0.3, 0.4) is 0 Å². The summed E-state index contributed by atoms with van der Waals surface area (Å²) in [6.07, 6.45) is 3.47. The molecular weight excluding hydrogens is 108 g/mol. The highest BCUT2D eigenvalue weighted by Gasteiger charge is 1.74. The monoisotopic (exact) mass is 112 g/mol. The molecule has 0 spiro atoms. The number of rotatable bonds is 1. The summed E-state index contributed by atoms with van der Waals surface area (Å²) in [6, 6.07) is 1.82. The zero-order chi connectivity index (χ0) is 5.11. The maximum absolute atomic E-state index is 4.55. The first-order valence-electron chi connectivity index (χ1n) is 1.88. The molecule has 0 bridgehead atoms. The molecule has 36 valence electrons. The summed E-state index contributed by atoms with van der Waals surface area (Å²) in [5.74, 6) is 0. The van der Waals surface area contributed by atoms with Gasteiger partial charge in [-0.3, -0.25) is 0 Å². The van der Waals surface area contributed by atoms with E-state index in [4.69, 9.17) is 0 Å². The standard InChI is InChI=1S/C4H4N2S/c7-4-6-3-1-2-5-6/h1-4H. The molecule has 2 nitrogen and oxygen atoms in total. The third-order valence-electron chi connectivity index (χ3n) is 0.633. The van der Waals surface area contributed by atoms with Crippen LogP contribution < -0.4 is 0 Å². The number of thiocarbonyl (C=S) groups is 1. The van der Waals surface area contributed by atoms with Crippen LogP contribution in [0.4, 0.5) is 0 Å². The summed E-state index contributed by atoms with van der Waals surface area (Å²) in [4.78, 5) is 0. The van der Waals surface area contributed by atoms with E-state index in [1.165, 1.54) is 5.49 Å². The quantitative estimate of drug-likeness (QED) is 0.497. The fourth-order valence-corrected chi connectivity index (χ4v) is 0.468. The van der Waals surface area contributed by atoms with E-state index in [9.17, 15) is 0 Å². The van der Waals surface area contributed by atoms with Crippen molar-refractivity contribution in [2.75, 3.05) is 0 Å². The summed E-state index contributed by atoms with van der Waals surface area (Å²) < 4.78 is 1.56. The Kier molecular flexibility index (Phi) is 1.17. The topological polar surface area (TPSA) is 17.8 Å². The van der Waals surface area contributed by atoms with E-state index >= 15 is 0 Å². The van der Waals surface area contributed by atoms with E-state index in [2.05, 4.69) is 17.3 Å². The largest absolute Gasteiger partial charge is 0.237 e. The molecule has 0 aromatic carbocycles. The number of hydrogen-bond acceptors (Lipinski definition) is 2. The molecule has 1 heterocycles. The molecule has 1 aromatic rings. The Morgan fingerprint density at radius 2 is 2.57 bits per heavy atom. The van der Waals surface area contributed by atoms with Crippen LogP contribution in [0, 0.1) is 0 Å². The van der Waals surface area contributed by atoms with Gasteiger partial charge < -0.3 is 0 Å². The van der Waals surface area contributed by atoms with Crippen LogP contribution in [0.25, 0.3) is 0 Å². The van der Waals surface area contributed by atoms with E-state index < -0.39 is 0 Å². The van der Waals surface area contributed by atoms with E-state index in [1.54, 1.807) is 17.1 Å². The maximum atomic E-state index is 4.55. The number of nitrogens with zero attached hydrogens (tertiary/aromatic N) is 2. The van der Waals surface area contributed by atoms with E-state index in [0.717, 1.165) is 0 Å². The number of aromatic nitrogens is 2. The Labute approximate surface area is 46.8 Å². The van der Waals surface area contributed by atoms with Gasteiger partial charge in [-0.25, -0.2) is 4.68 Å². The molecule has 0 N–H and O–H groups in total. The lowest BCUT2D eigenvalue weighted by molar-refractivity contribution is 0.970. The minimum atomic E-state index is 1.47. The Hall–Kier alpha value is -0.700. The molecule has 1 aromatic heterocycles. The second kappa shape index (κ2) is 1.84. The molecule has 0 saturated heterocycles. The van der Waals surface area contributed by atoms with Gasteiger partial charge in [-0.2, -0.15) is 5.10 Å². The highest BCUT2D eigenvalue weighted by atomic mass is 32.1. The summed E-state index contributed by atoms with van der Waals surface area (Å²) >= 11 is 4.55. The van der Waals surface area contributed by atoms with Crippen LogP contribution in [0.1, 0.15) is 0 Å². The molecule has 0 fully saturated rings. The van der Waals surface area contributed by atoms with Crippen LogP contribution in [0.5, 0.6) is 0 Å². The lowest BCUT2D eigenvalue weighted by atomic mass is 10.8. The Balaban J connectivity index is 2.96. The van der Waals surface area contributed by atoms with Gasteiger partial charge in [-0.15, -0.1) is 0 Å². The SMILES string of the molecule is S=Cn1cccn1. The lowest BCUT2D eigenvalue weighted by Crippen LogP contribution is -1.90.